The number of rotatable bonds is 3. The van der Waals surface area contributed by atoms with Crippen LogP contribution in [0.1, 0.15) is 49.3 Å². The number of H-pyrrole nitrogens is 1. The van der Waals surface area contributed by atoms with Gasteiger partial charge in [-0.2, -0.15) is 13.7 Å². The molecule has 37 heavy (non-hydrogen) atoms. The molecule has 0 amide bonds. The van der Waals surface area contributed by atoms with Crippen LogP contribution in [0, 0.1) is 18.3 Å². The molecule has 0 spiro atoms. The average molecular weight is 514 g/mol. The number of hydrogen-bond acceptors (Lipinski definition) is 4. The third-order valence-electron chi connectivity index (χ3n) is 7.59. The van der Waals surface area contributed by atoms with Crippen molar-refractivity contribution in [2.45, 2.75) is 50.0 Å². The van der Waals surface area contributed by atoms with Gasteiger partial charge in [-0.1, -0.05) is 37.5 Å². The van der Waals surface area contributed by atoms with Crippen LogP contribution in [0.2, 0.25) is 0 Å². The van der Waals surface area contributed by atoms with Crippen LogP contribution in [-0.4, -0.2) is 18.0 Å². The van der Waals surface area contributed by atoms with E-state index in [2.05, 4.69) is 15.6 Å². The lowest BCUT2D eigenvalue weighted by atomic mass is 9.93. The van der Waals surface area contributed by atoms with Gasteiger partial charge >= 0.3 is 10.2 Å². The summed E-state index contributed by atoms with van der Waals surface area (Å²) in [5.74, 6) is 0. The Morgan fingerprint density at radius 3 is 2.54 bits per heavy atom. The maximum Gasteiger partial charge on any atom is 0.332 e. The van der Waals surface area contributed by atoms with Crippen LogP contribution in [0.4, 0.5) is 3.89 Å². The molecule has 186 valence electrons. The Morgan fingerprint density at radius 1 is 1.03 bits per heavy atom. The molecule has 1 saturated carbocycles. The van der Waals surface area contributed by atoms with E-state index in [4.69, 9.17) is 0 Å². The molecular weight excluding hydrogens is 489 g/mol. The predicted molar refractivity (Wildman–Crippen MR) is 143 cm³/mol. The molecule has 8 heteroatoms. The minimum atomic E-state index is -4.85. The van der Waals surface area contributed by atoms with E-state index >= 15 is 0 Å². The van der Waals surface area contributed by atoms with Crippen molar-refractivity contribution in [3.05, 3.63) is 75.9 Å². The summed E-state index contributed by atoms with van der Waals surface area (Å²) in [6.45, 7) is 1.87. The summed E-state index contributed by atoms with van der Waals surface area (Å²) < 4.78 is 39.1. The van der Waals surface area contributed by atoms with Crippen molar-refractivity contribution in [2.75, 3.05) is 0 Å². The van der Waals surface area contributed by atoms with Crippen LogP contribution in [0.15, 0.2) is 64.3 Å². The summed E-state index contributed by atoms with van der Waals surface area (Å²) in [4.78, 5) is 17.0. The summed E-state index contributed by atoms with van der Waals surface area (Å²) in [7, 11) is -4.85. The van der Waals surface area contributed by atoms with Gasteiger partial charge in [-0.05, 0) is 72.9 Å². The van der Waals surface area contributed by atoms with Gasteiger partial charge in [0.25, 0.3) is 0 Å². The van der Waals surface area contributed by atoms with Crippen LogP contribution in [0.25, 0.3) is 44.0 Å². The molecule has 0 bridgehead atoms. The Bertz CT molecular complexity index is 1940. The third-order valence-corrected chi connectivity index (χ3v) is 8.41. The summed E-state index contributed by atoms with van der Waals surface area (Å²) in [6.07, 6.45) is 5.31. The standard InChI is InChI=1S/C29H24FN3O3S/c1-17-12-24-26(15-23(17)19-6-5-9-21(14-19)37(30,35)36)33(20-7-3-2-4-8-20)29-27(28(24)34)22-11-10-18(16-31)13-25(22)32-29/h5-6,9-15,20,32H,2-4,7-8H2,1H3. The molecule has 0 saturated heterocycles. The molecule has 2 heterocycles. The number of nitrogens with zero attached hydrogens (tertiary/aromatic N) is 2. The van der Waals surface area contributed by atoms with Gasteiger partial charge in [0.15, 0.2) is 5.43 Å². The summed E-state index contributed by atoms with van der Waals surface area (Å²) in [6, 6.07) is 17.3. The van der Waals surface area contributed by atoms with Gasteiger partial charge in [-0.15, -0.1) is 3.89 Å². The molecule has 0 unspecified atom stereocenters. The van der Waals surface area contributed by atoms with E-state index in [0.717, 1.165) is 58.9 Å². The van der Waals surface area contributed by atoms with E-state index in [9.17, 15) is 22.4 Å². The van der Waals surface area contributed by atoms with Crippen LogP contribution in [0.3, 0.4) is 0 Å². The molecular formula is C29H24FN3O3S. The van der Waals surface area contributed by atoms with Gasteiger partial charge in [0, 0.05) is 22.3 Å². The number of aromatic nitrogens is 2. The molecule has 1 N–H and O–H groups in total. The third kappa shape index (κ3) is 3.82. The van der Waals surface area contributed by atoms with E-state index in [0.29, 0.717) is 21.9 Å². The minimum Gasteiger partial charge on any atom is -0.340 e. The molecule has 0 radical (unpaired) electrons. The zero-order valence-corrected chi connectivity index (χ0v) is 21.0. The second-order valence-electron chi connectivity index (χ2n) is 9.86. The van der Waals surface area contributed by atoms with Gasteiger partial charge in [0.1, 0.15) is 5.65 Å². The number of pyridine rings is 1. The van der Waals surface area contributed by atoms with Gasteiger partial charge in [0.05, 0.1) is 27.4 Å². The first-order valence-electron chi connectivity index (χ1n) is 12.4. The zero-order valence-electron chi connectivity index (χ0n) is 20.2. The van der Waals surface area contributed by atoms with Gasteiger partial charge < -0.3 is 9.55 Å². The zero-order chi connectivity index (χ0) is 25.9. The molecule has 6 nitrogen and oxygen atoms in total. The number of fused-ring (bicyclic) bond motifs is 4. The van der Waals surface area contributed by atoms with E-state index < -0.39 is 15.1 Å². The lowest BCUT2D eigenvalue weighted by Crippen LogP contribution is -2.18. The van der Waals surface area contributed by atoms with Crippen molar-refractivity contribution in [3.8, 4) is 17.2 Å². The predicted octanol–water partition coefficient (Wildman–Crippen LogP) is 6.65. The molecule has 0 aliphatic heterocycles. The molecule has 5 aromatic rings. The largest absolute Gasteiger partial charge is 0.340 e. The fourth-order valence-electron chi connectivity index (χ4n) is 5.84. The monoisotopic (exact) mass is 513 g/mol. The smallest absolute Gasteiger partial charge is 0.332 e. The first-order chi connectivity index (χ1) is 17.8. The lowest BCUT2D eigenvalue weighted by Gasteiger charge is -2.27. The molecule has 3 aromatic carbocycles. The van der Waals surface area contributed by atoms with Crippen molar-refractivity contribution in [1.82, 2.24) is 9.55 Å². The highest BCUT2D eigenvalue weighted by Crippen LogP contribution is 2.37. The summed E-state index contributed by atoms with van der Waals surface area (Å²) in [5.41, 5.74) is 4.74. The van der Waals surface area contributed by atoms with Crippen molar-refractivity contribution >= 4 is 43.1 Å². The number of nitrogens with one attached hydrogen (secondary N) is 1. The van der Waals surface area contributed by atoms with Crippen LogP contribution >= 0.6 is 0 Å². The number of aromatic amines is 1. The van der Waals surface area contributed by atoms with Crippen molar-refractivity contribution in [2.24, 2.45) is 0 Å². The van der Waals surface area contributed by atoms with Crippen LogP contribution < -0.4 is 5.43 Å². The van der Waals surface area contributed by atoms with E-state index in [1.165, 1.54) is 24.6 Å². The number of halogens is 1. The Morgan fingerprint density at radius 2 is 1.81 bits per heavy atom. The Hall–Kier alpha value is -3.96. The minimum absolute atomic E-state index is 0.0947. The van der Waals surface area contributed by atoms with Gasteiger partial charge in [-0.25, -0.2) is 0 Å². The normalized spacial score (nSPS) is 14.9. The molecule has 2 aromatic heterocycles. The van der Waals surface area contributed by atoms with Crippen molar-refractivity contribution in [1.29, 1.82) is 5.26 Å². The molecule has 6 rings (SSSR count). The Kier molecular flexibility index (Phi) is 5.42. The second kappa shape index (κ2) is 8.56. The van der Waals surface area contributed by atoms with E-state index in [1.54, 1.807) is 18.2 Å². The molecule has 0 atom stereocenters. The first kappa shape index (κ1) is 23.4. The number of hydrogen-bond donors (Lipinski definition) is 1. The van der Waals surface area contributed by atoms with Crippen molar-refractivity contribution in [3.63, 3.8) is 0 Å². The topological polar surface area (TPSA) is 95.7 Å². The molecule has 1 fully saturated rings. The molecule has 1 aliphatic carbocycles. The quantitative estimate of drug-likeness (QED) is 0.273. The van der Waals surface area contributed by atoms with Crippen LogP contribution in [0.5, 0.6) is 0 Å². The van der Waals surface area contributed by atoms with Gasteiger partial charge in [0.2, 0.25) is 0 Å². The fraction of sp³-hybridized carbons (Fsp3) is 0.241. The average Bonchev–Trinajstić information content (AvgIpc) is 3.27. The highest BCUT2D eigenvalue weighted by atomic mass is 32.3. The number of benzene rings is 3. The Labute approximate surface area is 213 Å². The highest BCUT2D eigenvalue weighted by molar-refractivity contribution is 7.86. The van der Waals surface area contributed by atoms with Crippen LogP contribution in [-0.2, 0) is 10.2 Å². The number of nitriles is 1. The maximum atomic E-state index is 13.9. The fourth-order valence-corrected chi connectivity index (χ4v) is 6.35. The first-order valence-corrected chi connectivity index (χ1v) is 13.7. The lowest BCUT2D eigenvalue weighted by molar-refractivity contribution is 0.365. The highest BCUT2D eigenvalue weighted by Gasteiger charge is 2.24. The number of aryl methyl sites for hydroxylation is 1. The van der Waals surface area contributed by atoms with Crippen molar-refractivity contribution < 1.29 is 12.3 Å². The summed E-state index contributed by atoms with van der Waals surface area (Å²) >= 11 is 0. The SMILES string of the molecule is Cc1cc2c(=O)c3c4ccc(C#N)cc4[nH]c3n(C3CCCCC3)c2cc1-c1cccc(S(=O)(=O)F)c1. The molecule has 1 aliphatic rings. The second-order valence-corrected chi connectivity index (χ2v) is 11.2. The van der Waals surface area contributed by atoms with E-state index in [1.807, 2.05) is 25.1 Å². The summed E-state index contributed by atoms with van der Waals surface area (Å²) in [5, 5.41) is 11.4. The van der Waals surface area contributed by atoms with E-state index in [-0.39, 0.29) is 11.5 Å². The Balaban J connectivity index is 1.72. The van der Waals surface area contributed by atoms with Gasteiger partial charge in [-0.3, -0.25) is 4.79 Å². The maximum absolute atomic E-state index is 13.9.